The number of amides is 1. The van der Waals surface area contributed by atoms with Gasteiger partial charge in [-0.25, -0.2) is 0 Å². The van der Waals surface area contributed by atoms with Gasteiger partial charge < -0.3 is 5.32 Å². The van der Waals surface area contributed by atoms with Crippen LogP contribution >= 0.6 is 0 Å². The van der Waals surface area contributed by atoms with E-state index in [9.17, 15) is 4.79 Å². The summed E-state index contributed by atoms with van der Waals surface area (Å²) in [5.41, 5.74) is 2.38. The topological polar surface area (TPSA) is 29.1 Å². The molecule has 2 nitrogen and oxygen atoms in total. The quantitative estimate of drug-likeness (QED) is 0.713. The number of rotatable bonds is 8. The Labute approximate surface area is 133 Å². The van der Waals surface area contributed by atoms with E-state index in [0.717, 1.165) is 13.0 Å². The lowest BCUT2D eigenvalue weighted by Crippen LogP contribution is -2.26. The molecule has 1 amide bonds. The molecule has 0 aliphatic carbocycles. The molecule has 0 spiro atoms. The van der Waals surface area contributed by atoms with Crippen molar-refractivity contribution < 1.29 is 4.79 Å². The van der Waals surface area contributed by atoms with Gasteiger partial charge in [-0.2, -0.15) is 0 Å². The Bertz CT molecular complexity index is 511. The number of carbonyl (C=O) groups excluding carboxylic acids is 1. The molecule has 0 saturated heterocycles. The minimum atomic E-state index is 0.119. The highest BCUT2D eigenvalue weighted by Crippen LogP contribution is 2.27. The van der Waals surface area contributed by atoms with Gasteiger partial charge in [0.05, 0.1) is 0 Å². The van der Waals surface area contributed by atoms with E-state index in [1.54, 1.807) is 0 Å². The Morgan fingerprint density at radius 2 is 1.45 bits per heavy atom. The maximum absolute atomic E-state index is 12.3. The summed E-state index contributed by atoms with van der Waals surface area (Å²) < 4.78 is 0. The van der Waals surface area contributed by atoms with E-state index in [2.05, 4.69) is 36.5 Å². The standard InChI is InChI=1S/C20H25NO/c1-2-3-10-15-21-20(22)16-19(17-11-6-4-7-12-17)18-13-8-5-9-14-18/h4-9,11-14,19H,2-3,10,15-16H2,1H3,(H,21,22). The molecule has 2 heteroatoms. The van der Waals surface area contributed by atoms with Crippen molar-refractivity contribution in [1.82, 2.24) is 5.32 Å². The van der Waals surface area contributed by atoms with Gasteiger partial charge in [-0.05, 0) is 17.5 Å². The van der Waals surface area contributed by atoms with Crippen molar-refractivity contribution in [2.24, 2.45) is 0 Å². The van der Waals surface area contributed by atoms with Crippen molar-refractivity contribution in [3.63, 3.8) is 0 Å². The van der Waals surface area contributed by atoms with Crippen LogP contribution in [-0.2, 0) is 4.79 Å². The molecule has 0 aliphatic rings. The first-order valence-corrected chi connectivity index (χ1v) is 8.18. The van der Waals surface area contributed by atoms with Crippen LogP contribution in [0.25, 0.3) is 0 Å². The van der Waals surface area contributed by atoms with Crippen LogP contribution in [-0.4, -0.2) is 12.5 Å². The fourth-order valence-corrected chi connectivity index (χ4v) is 2.66. The molecule has 1 N–H and O–H groups in total. The van der Waals surface area contributed by atoms with Crippen molar-refractivity contribution in [2.75, 3.05) is 6.54 Å². The third-order valence-corrected chi connectivity index (χ3v) is 3.90. The Morgan fingerprint density at radius 3 is 1.95 bits per heavy atom. The normalized spacial score (nSPS) is 10.6. The summed E-state index contributed by atoms with van der Waals surface area (Å²) in [6.07, 6.45) is 3.90. The molecule has 0 bridgehead atoms. The van der Waals surface area contributed by atoms with Gasteiger partial charge in [0.15, 0.2) is 0 Å². The van der Waals surface area contributed by atoms with Crippen LogP contribution in [0.3, 0.4) is 0 Å². The lowest BCUT2D eigenvalue weighted by Gasteiger charge is -2.18. The predicted octanol–water partition coefficient (Wildman–Crippen LogP) is 4.52. The van der Waals surface area contributed by atoms with Crippen molar-refractivity contribution >= 4 is 5.91 Å². The van der Waals surface area contributed by atoms with Gasteiger partial charge in [0.2, 0.25) is 5.91 Å². The van der Waals surface area contributed by atoms with E-state index in [1.165, 1.54) is 24.0 Å². The summed E-state index contributed by atoms with van der Waals surface area (Å²) in [6.45, 7) is 2.95. The number of benzene rings is 2. The van der Waals surface area contributed by atoms with Crippen molar-refractivity contribution in [3.05, 3.63) is 71.8 Å². The summed E-state index contributed by atoms with van der Waals surface area (Å²) >= 11 is 0. The molecule has 2 aromatic rings. The maximum Gasteiger partial charge on any atom is 0.220 e. The summed E-state index contributed by atoms with van der Waals surface area (Å²) in [4.78, 5) is 12.3. The predicted molar refractivity (Wildman–Crippen MR) is 91.9 cm³/mol. The van der Waals surface area contributed by atoms with Crippen molar-refractivity contribution in [1.29, 1.82) is 0 Å². The fourth-order valence-electron chi connectivity index (χ4n) is 2.66. The minimum Gasteiger partial charge on any atom is -0.356 e. The summed E-state index contributed by atoms with van der Waals surface area (Å²) in [5, 5.41) is 3.05. The largest absolute Gasteiger partial charge is 0.356 e. The van der Waals surface area contributed by atoms with Gasteiger partial charge in [-0.15, -0.1) is 0 Å². The molecule has 2 aromatic carbocycles. The van der Waals surface area contributed by atoms with Crippen LogP contribution < -0.4 is 5.32 Å². The molecule has 2 rings (SSSR count). The Kier molecular flexibility index (Phi) is 6.69. The van der Waals surface area contributed by atoms with Crippen LogP contribution in [0.15, 0.2) is 60.7 Å². The zero-order chi connectivity index (χ0) is 15.6. The Morgan fingerprint density at radius 1 is 0.909 bits per heavy atom. The molecule has 0 atom stereocenters. The number of unbranched alkanes of at least 4 members (excludes halogenated alkanes) is 2. The first-order chi connectivity index (χ1) is 10.8. The molecule has 0 heterocycles. The SMILES string of the molecule is CCCCCNC(=O)CC(c1ccccc1)c1ccccc1. The molecular formula is C20H25NO. The van der Waals surface area contributed by atoms with E-state index in [0.29, 0.717) is 6.42 Å². The van der Waals surface area contributed by atoms with Gasteiger partial charge in [-0.1, -0.05) is 80.4 Å². The van der Waals surface area contributed by atoms with Crippen LogP contribution in [0, 0.1) is 0 Å². The van der Waals surface area contributed by atoms with Crippen molar-refractivity contribution in [2.45, 2.75) is 38.5 Å². The zero-order valence-corrected chi connectivity index (χ0v) is 13.3. The number of carbonyl (C=O) groups is 1. The van der Waals surface area contributed by atoms with Crippen LogP contribution in [0.4, 0.5) is 0 Å². The average Bonchev–Trinajstić information content (AvgIpc) is 2.58. The zero-order valence-electron chi connectivity index (χ0n) is 13.3. The third-order valence-electron chi connectivity index (χ3n) is 3.90. The Hall–Kier alpha value is -2.09. The molecule has 0 aliphatic heterocycles. The summed E-state index contributed by atoms with van der Waals surface area (Å²) in [7, 11) is 0. The van der Waals surface area contributed by atoms with E-state index in [1.807, 2.05) is 36.4 Å². The second-order valence-electron chi connectivity index (χ2n) is 5.64. The van der Waals surface area contributed by atoms with E-state index in [4.69, 9.17) is 0 Å². The fraction of sp³-hybridized carbons (Fsp3) is 0.350. The van der Waals surface area contributed by atoms with Crippen LogP contribution in [0.5, 0.6) is 0 Å². The first kappa shape index (κ1) is 16.3. The molecule has 0 fully saturated rings. The maximum atomic E-state index is 12.3. The molecule has 0 saturated carbocycles. The second kappa shape index (κ2) is 9.04. The first-order valence-electron chi connectivity index (χ1n) is 8.18. The highest BCUT2D eigenvalue weighted by molar-refractivity contribution is 5.77. The smallest absolute Gasteiger partial charge is 0.220 e. The van der Waals surface area contributed by atoms with Crippen LogP contribution in [0.1, 0.15) is 49.7 Å². The third kappa shape index (κ3) is 5.03. The van der Waals surface area contributed by atoms with Gasteiger partial charge in [0.1, 0.15) is 0 Å². The molecule has 0 aromatic heterocycles. The summed E-state index contributed by atoms with van der Waals surface area (Å²) in [5.74, 6) is 0.252. The second-order valence-corrected chi connectivity index (χ2v) is 5.64. The van der Waals surface area contributed by atoms with Crippen LogP contribution in [0.2, 0.25) is 0 Å². The molecule has 116 valence electrons. The van der Waals surface area contributed by atoms with Gasteiger partial charge in [-0.3, -0.25) is 4.79 Å². The van der Waals surface area contributed by atoms with Gasteiger partial charge >= 0.3 is 0 Å². The molecular weight excluding hydrogens is 270 g/mol. The van der Waals surface area contributed by atoms with Gasteiger partial charge in [0.25, 0.3) is 0 Å². The highest BCUT2D eigenvalue weighted by atomic mass is 16.1. The van der Waals surface area contributed by atoms with Crippen molar-refractivity contribution in [3.8, 4) is 0 Å². The average molecular weight is 295 g/mol. The van der Waals surface area contributed by atoms with E-state index in [-0.39, 0.29) is 11.8 Å². The molecule has 0 radical (unpaired) electrons. The van der Waals surface area contributed by atoms with Gasteiger partial charge in [0, 0.05) is 18.9 Å². The monoisotopic (exact) mass is 295 g/mol. The number of nitrogens with one attached hydrogen (secondary N) is 1. The lowest BCUT2D eigenvalue weighted by molar-refractivity contribution is -0.121. The number of hydrogen-bond donors (Lipinski definition) is 1. The minimum absolute atomic E-state index is 0.119. The lowest BCUT2D eigenvalue weighted by atomic mass is 9.88. The number of hydrogen-bond acceptors (Lipinski definition) is 1. The highest BCUT2D eigenvalue weighted by Gasteiger charge is 2.17. The van der Waals surface area contributed by atoms with E-state index < -0.39 is 0 Å². The Balaban J connectivity index is 2.04. The molecule has 22 heavy (non-hydrogen) atoms. The summed E-state index contributed by atoms with van der Waals surface area (Å²) in [6, 6.07) is 20.5. The molecule has 0 unspecified atom stereocenters. The van der Waals surface area contributed by atoms with E-state index >= 15 is 0 Å².